The third-order valence-electron chi connectivity index (χ3n) is 3.55. The number of benzene rings is 1. The minimum Gasteiger partial charge on any atom is -0.380 e. The first-order valence-corrected chi connectivity index (χ1v) is 7.85. The van der Waals surface area contributed by atoms with Crippen LogP contribution in [-0.2, 0) is 20.9 Å². The van der Waals surface area contributed by atoms with E-state index in [1.165, 1.54) is 0 Å². The number of likely N-dealkylation sites (N-methyl/N-ethyl adjacent to an activating group) is 1. The van der Waals surface area contributed by atoms with Gasteiger partial charge in [0.1, 0.15) is 0 Å². The molecule has 2 atom stereocenters. The molecular formula is C15H21BrN2O3. The number of hydrogen-bond acceptors (Lipinski definition) is 4. The van der Waals surface area contributed by atoms with Crippen molar-refractivity contribution in [2.45, 2.75) is 19.6 Å². The molecule has 1 aliphatic heterocycles. The van der Waals surface area contributed by atoms with E-state index < -0.39 is 0 Å². The Balaban J connectivity index is 2.10. The van der Waals surface area contributed by atoms with Gasteiger partial charge in [-0.1, -0.05) is 28.9 Å². The van der Waals surface area contributed by atoms with Crippen LogP contribution >= 0.6 is 15.9 Å². The normalized spacial score (nSPS) is 21.5. The number of carbonyl (C=O) groups is 1. The monoisotopic (exact) mass is 356 g/mol. The number of hydrogen-bond donors (Lipinski definition) is 2. The lowest BCUT2D eigenvalue weighted by Gasteiger charge is -2.19. The highest BCUT2D eigenvalue weighted by Crippen LogP contribution is 2.26. The summed E-state index contributed by atoms with van der Waals surface area (Å²) in [7, 11) is 1.64. The first kappa shape index (κ1) is 16.4. The highest BCUT2D eigenvalue weighted by atomic mass is 79.9. The van der Waals surface area contributed by atoms with Crippen molar-refractivity contribution in [3.63, 3.8) is 0 Å². The van der Waals surface area contributed by atoms with Crippen LogP contribution in [0.2, 0.25) is 0 Å². The molecule has 1 amide bonds. The average molecular weight is 357 g/mol. The molecule has 1 aliphatic rings. The van der Waals surface area contributed by atoms with E-state index in [2.05, 4.69) is 26.6 Å². The second kappa shape index (κ2) is 7.89. The number of ether oxygens (including phenoxy) is 2. The summed E-state index contributed by atoms with van der Waals surface area (Å²) in [5, 5.41) is 6.29. The van der Waals surface area contributed by atoms with Crippen LogP contribution in [-0.4, -0.2) is 38.8 Å². The molecule has 5 nitrogen and oxygen atoms in total. The summed E-state index contributed by atoms with van der Waals surface area (Å²) in [5.41, 5.74) is 1.71. The summed E-state index contributed by atoms with van der Waals surface area (Å²) in [6, 6.07) is 5.79. The van der Waals surface area contributed by atoms with Crippen molar-refractivity contribution in [1.82, 2.24) is 5.32 Å². The Morgan fingerprint density at radius 3 is 3.00 bits per heavy atom. The van der Waals surface area contributed by atoms with Crippen LogP contribution in [0.1, 0.15) is 12.5 Å². The number of methoxy groups -OCH3 is 1. The third kappa shape index (κ3) is 4.03. The van der Waals surface area contributed by atoms with Gasteiger partial charge in [0.05, 0.1) is 25.7 Å². The molecule has 1 fully saturated rings. The van der Waals surface area contributed by atoms with Gasteiger partial charge in [-0.05, 0) is 18.7 Å². The molecule has 2 unspecified atom stereocenters. The highest BCUT2D eigenvalue weighted by Gasteiger charge is 2.33. The van der Waals surface area contributed by atoms with E-state index in [9.17, 15) is 4.79 Å². The highest BCUT2D eigenvalue weighted by molar-refractivity contribution is 9.10. The van der Waals surface area contributed by atoms with Crippen molar-refractivity contribution in [1.29, 1.82) is 0 Å². The SMILES string of the molecule is CCNC1COCC1C(=O)Nc1cccc(Br)c1COC. The fourth-order valence-corrected chi connectivity index (χ4v) is 2.95. The van der Waals surface area contributed by atoms with Gasteiger partial charge in [-0.15, -0.1) is 0 Å². The maximum absolute atomic E-state index is 12.5. The van der Waals surface area contributed by atoms with E-state index >= 15 is 0 Å². The Morgan fingerprint density at radius 1 is 1.48 bits per heavy atom. The molecule has 0 radical (unpaired) electrons. The number of nitrogens with one attached hydrogen (secondary N) is 2. The molecule has 0 aliphatic carbocycles. The van der Waals surface area contributed by atoms with Crippen LogP contribution < -0.4 is 10.6 Å². The second-order valence-electron chi connectivity index (χ2n) is 5.00. The van der Waals surface area contributed by atoms with E-state index in [0.717, 1.165) is 22.3 Å². The van der Waals surface area contributed by atoms with Gasteiger partial charge in [0.2, 0.25) is 5.91 Å². The Labute approximate surface area is 133 Å². The van der Waals surface area contributed by atoms with Crippen molar-refractivity contribution in [2.24, 2.45) is 5.92 Å². The summed E-state index contributed by atoms with van der Waals surface area (Å²) < 4.78 is 11.5. The van der Waals surface area contributed by atoms with Crippen LogP contribution in [0.3, 0.4) is 0 Å². The fourth-order valence-electron chi connectivity index (χ4n) is 2.47. The number of amides is 1. The summed E-state index contributed by atoms with van der Waals surface area (Å²) in [6.45, 7) is 4.32. The maximum atomic E-state index is 12.5. The second-order valence-corrected chi connectivity index (χ2v) is 5.85. The quantitative estimate of drug-likeness (QED) is 0.819. The van der Waals surface area contributed by atoms with Crippen molar-refractivity contribution in [3.8, 4) is 0 Å². The molecular weight excluding hydrogens is 336 g/mol. The predicted octanol–water partition coefficient (Wildman–Crippen LogP) is 2.16. The lowest BCUT2D eigenvalue weighted by Crippen LogP contribution is -2.41. The summed E-state index contributed by atoms with van der Waals surface area (Å²) >= 11 is 3.49. The summed E-state index contributed by atoms with van der Waals surface area (Å²) in [6.07, 6.45) is 0. The number of anilines is 1. The average Bonchev–Trinajstić information content (AvgIpc) is 2.91. The fraction of sp³-hybridized carbons (Fsp3) is 0.533. The van der Waals surface area contributed by atoms with E-state index in [1.807, 2.05) is 25.1 Å². The largest absolute Gasteiger partial charge is 0.380 e. The van der Waals surface area contributed by atoms with Crippen LogP contribution in [0.15, 0.2) is 22.7 Å². The number of rotatable bonds is 6. The molecule has 1 aromatic carbocycles. The predicted molar refractivity (Wildman–Crippen MR) is 85.3 cm³/mol. The van der Waals surface area contributed by atoms with Crippen LogP contribution in [0.5, 0.6) is 0 Å². The van der Waals surface area contributed by atoms with Gasteiger partial charge >= 0.3 is 0 Å². The lowest BCUT2D eigenvalue weighted by atomic mass is 10.0. The first-order chi connectivity index (χ1) is 10.2. The van der Waals surface area contributed by atoms with Gasteiger partial charge in [-0.2, -0.15) is 0 Å². The van der Waals surface area contributed by atoms with Crippen LogP contribution in [0.25, 0.3) is 0 Å². The minimum absolute atomic E-state index is 0.0195. The Bertz CT molecular complexity index is 496. The van der Waals surface area contributed by atoms with Crippen LogP contribution in [0.4, 0.5) is 5.69 Å². The molecule has 0 spiro atoms. The van der Waals surface area contributed by atoms with Crippen molar-refractivity contribution in [3.05, 3.63) is 28.2 Å². The molecule has 0 aromatic heterocycles. The zero-order valence-electron chi connectivity index (χ0n) is 12.3. The molecule has 21 heavy (non-hydrogen) atoms. The molecule has 116 valence electrons. The topological polar surface area (TPSA) is 59.6 Å². The van der Waals surface area contributed by atoms with Crippen molar-refractivity contribution >= 4 is 27.5 Å². The summed E-state index contributed by atoms with van der Waals surface area (Å²) in [5.74, 6) is -0.187. The molecule has 1 heterocycles. The van der Waals surface area contributed by atoms with E-state index in [1.54, 1.807) is 7.11 Å². The lowest BCUT2D eigenvalue weighted by molar-refractivity contribution is -0.120. The molecule has 0 saturated carbocycles. The molecule has 1 saturated heterocycles. The third-order valence-corrected chi connectivity index (χ3v) is 4.29. The molecule has 1 aromatic rings. The van der Waals surface area contributed by atoms with Gasteiger partial charge in [0.25, 0.3) is 0 Å². The van der Waals surface area contributed by atoms with Gasteiger partial charge < -0.3 is 20.1 Å². The zero-order chi connectivity index (χ0) is 15.2. The van der Waals surface area contributed by atoms with Crippen molar-refractivity contribution in [2.75, 3.05) is 32.2 Å². The van der Waals surface area contributed by atoms with Crippen LogP contribution in [0, 0.1) is 5.92 Å². The minimum atomic E-state index is -0.167. The van der Waals surface area contributed by atoms with Gasteiger partial charge in [0, 0.05) is 28.9 Å². The zero-order valence-corrected chi connectivity index (χ0v) is 13.9. The first-order valence-electron chi connectivity index (χ1n) is 7.05. The molecule has 6 heteroatoms. The van der Waals surface area contributed by atoms with E-state index in [0.29, 0.717) is 19.8 Å². The Morgan fingerprint density at radius 2 is 2.29 bits per heavy atom. The van der Waals surface area contributed by atoms with Gasteiger partial charge in [-0.3, -0.25) is 4.79 Å². The number of halogens is 1. The smallest absolute Gasteiger partial charge is 0.231 e. The maximum Gasteiger partial charge on any atom is 0.231 e. The molecule has 2 rings (SSSR count). The van der Waals surface area contributed by atoms with E-state index in [-0.39, 0.29) is 17.9 Å². The summed E-state index contributed by atoms with van der Waals surface area (Å²) in [4.78, 5) is 12.5. The van der Waals surface area contributed by atoms with E-state index in [4.69, 9.17) is 9.47 Å². The molecule has 2 N–H and O–H groups in total. The van der Waals surface area contributed by atoms with Gasteiger partial charge in [-0.25, -0.2) is 0 Å². The Hall–Kier alpha value is -0.950. The Kier molecular flexibility index (Phi) is 6.17. The van der Waals surface area contributed by atoms with Gasteiger partial charge in [0.15, 0.2) is 0 Å². The molecule has 0 bridgehead atoms. The number of carbonyl (C=O) groups excluding carboxylic acids is 1. The standard InChI is InChI=1S/C15H21BrN2O3/c1-3-17-14-9-21-8-11(14)15(19)18-13-6-4-5-12(16)10(13)7-20-2/h4-6,11,14,17H,3,7-9H2,1-2H3,(H,18,19). The van der Waals surface area contributed by atoms with Crippen molar-refractivity contribution < 1.29 is 14.3 Å².